The van der Waals surface area contributed by atoms with E-state index in [1.807, 2.05) is 0 Å². The number of hydrogen-bond donors (Lipinski definition) is 36. The fourth-order valence-corrected chi connectivity index (χ4v) is 17.5. The average Bonchev–Trinajstić information content (AvgIpc) is 0.762. The predicted molar refractivity (Wildman–Crippen MR) is 425 cm³/mol. The molecule has 0 spiro atoms. The highest BCUT2D eigenvalue weighted by molar-refractivity contribution is 5.77. The highest BCUT2D eigenvalue weighted by atomic mass is 16.8. The lowest BCUT2D eigenvalue weighted by atomic mass is 9.88. The first kappa shape index (κ1) is 115. The SMILES string of the molecule is CC(=O)N[C@H]1[C@H](OC[C@H]2O[C@@H](O[C@@H]([C@H](O)[C@@H](O)CO)[C@H](O)CO)[C@H](O)[C@@H](O[C@@H]3O[C@H](CO)[C@@H](O)[C@H](O[C@@H]4O[C@H](CO)[C@H](O)[C@H](O)[C@H]4O[C@@H]4O[C@@H](C)[C@@H](O)[C@@H](O)[C@@H]4O)[C@H]3NC(C)=O)[C@H]2O)O[C@H](CO)[C@@H](O[C@@H]2O[C@H](CO)[C@H](O)[C@H](O[C@@H]3O[C@H](CO)[C@@H](O)[C@H](O[C@@H]4O[C@H](CO[C@]5(C(=O)O)C[C@H](O)[C@@H](NC(C)=O)[C@H]([C@H](O)[C@H](O)CO)O5)[C@H](O)[C@H](O)[C@H]4O)[C@H]3NC(C)=O)[C@H]2O)[C@@H]1O[C@@H]1O[C@@H](C)[C@@H](O)[C@@H](O)[C@@H]1O. The number of carbonyl (C=O) groups excluding carboxylic acids is 4. The molecule has 0 radical (unpaired) electrons. The summed E-state index contributed by atoms with van der Waals surface area (Å²) in [5.74, 6) is -9.23. The van der Waals surface area contributed by atoms with Crippen LogP contribution in [0, 0.1) is 0 Å². The molecule has 61 heteroatoms. The normalized spacial score (nSPS) is 46.7. The van der Waals surface area contributed by atoms with Crippen LogP contribution in [-0.2, 0) is 119 Å². The lowest BCUT2D eigenvalue weighted by Crippen LogP contribution is -2.71. The summed E-state index contributed by atoms with van der Waals surface area (Å²) in [5.41, 5.74) is 0. The second-order valence-electron chi connectivity index (χ2n) is 35.0. The minimum Gasteiger partial charge on any atom is -0.477 e. The van der Waals surface area contributed by atoms with Gasteiger partial charge in [0.15, 0.2) is 56.6 Å². The van der Waals surface area contributed by atoms with Gasteiger partial charge in [-0.15, -0.1) is 0 Å². The fraction of sp³-hybridized carbons (Fsp3) is 0.935. The maximum atomic E-state index is 13.8. The number of carbonyl (C=O) groups is 5. The van der Waals surface area contributed by atoms with E-state index < -0.39 is 439 Å². The van der Waals surface area contributed by atoms with Crippen molar-refractivity contribution in [2.75, 3.05) is 66.1 Å². The van der Waals surface area contributed by atoms with E-state index in [0.29, 0.717) is 0 Å². The number of aliphatic carboxylic acids is 1. The average molecular weight is 2020 g/mol. The molecule has 0 bridgehead atoms. The molecule has 55 atom stereocenters. The van der Waals surface area contributed by atoms with Gasteiger partial charge in [-0.2, -0.15) is 0 Å². The Hall–Kier alpha value is -4.69. The zero-order valence-corrected chi connectivity index (χ0v) is 74.5. The van der Waals surface area contributed by atoms with E-state index in [-0.39, 0.29) is 0 Å². The number of rotatable bonds is 40. The topological polar surface area (TPSA) is 965 Å². The number of nitrogens with one attached hydrogen (secondary N) is 4. The molecule has 4 amide bonds. The van der Waals surface area contributed by atoms with Crippen LogP contribution >= 0.6 is 0 Å². The summed E-state index contributed by atoms with van der Waals surface area (Å²) in [5, 5.41) is 366. The molecular weight excluding hydrogens is 1890 g/mol. The fourth-order valence-electron chi connectivity index (χ4n) is 17.5. The Morgan fingerprint density at radius 3 is 1.13 bits per heavy atom. The van der Waals surface area contributed by atoms with E-state index in [0.717, 1.165) is 27.7 Å². The Labute approximate surface area is 781 Å². The van der Waals surface area contributed by atoms with Gasteiger partial charge < -0.3 is 279 Å². The number of hydrogen-bond acceptors (Lipinski definition) is 56. The quantitative estimate of drug-likeness (QED) is 0.0271. The van der Waals surface area contributed by atoms with Crippen molar-refractivity contribution in [1.82, 2.24) is 21.3 Å². The summed E-state index contributed by atoms with van der Waals surface area (Å²) in [6.07, 6.45) is -111. The Morgan fingerprint density at radius 1 is 0.326 bits per heavy atom. The molecule has 0 aliphatic carbocycles. The number of aliphatic hydroxyl groups excluding tert-OH is 31. The number of ether oxygens (including phenoxy) is 20. The molecule has 61 nitrogen and oxygen atoms in total. The van der Waals surface area contributed by atoms with Crippen molar-refractivity contribution >= 4 is 29.6 Å². The molecule has 0 saturated carbocycles. The van der Waals surface area contributed by atoms with Gasteiger partial charge >= 0.3 is 5.97 Å². The van der Waals surface area contributed by atoms with E-state index in [1.54, 1.807) is 0 Å². The van der Waals surface area contributed by atoms with Gasteiger partial charge in [-0.1, -0.05) is 0 Å². The maximum Gasteiger partial charge on any atom is 0.364 e. The van der Waals surface area contributed by atoms with E-state index >= 15 is 0 Å². The number of aliphatic hydroxyl groups is 31. The van der Waals surface area contributed by atoms with Gasteiger partial charge in [0, 0.05) is 34.1 Å². The molecule has 0 aromatic heterocycles. The summed E-state index contributed by atoms with van der Waals surface area (Å²) in [6.45, 7) is -6.52. The van der Waals surface area contributed by atoms with Crippen molar-refractivity contribution in [3.05, 3.63) is 0 Å². The monoisotopic (exact) mass is 2020 g/mol. The molecule has 10 rings (SSSR count). The van der Waals surface area contributed by atoms with Crippen LogP contribution in [0.2, 0.25) is 0 Å². The lowest BCUT2D eigenvalue weighted by Gasteiger charge is -2.51. The minimum absolute atomic E-state index is 0.858. The molecule has 10 saturated heterocycles. The van der Waals surface area contributed by atoms with Crippen LogP contribution in [-0.4, -0.2) is 596 Å². The smallest absolute Gasteiger partial charge is 0.364 e. The summed E-state index contributed by atoms with van der Waals surface area (Å²) in [7, 11) is 0. The third-order valence-corrected chi connectivity index (χ3v) is 25.1. The Morgan fingerprint density at radius 2 is 0.667 bits per heavy atom. The van der Waals surface area contributed by atoms with Gasteiger partial charge in [-0.25, -0.2) is 4.79 Å². The summed E-state index contributed by atoms with van der Waals surface area (Å²) < 4.78 is 120. The standard InChI is InChI=1S/C77H130N4O57/c1-18-39(98)49(108)53(112)70(121-18)134-63-38(81-23(6)93)67(119-16-33-48(107)65(57(116)74(128-33)130-58(27(97)10-84)41(100)25(95)8-82)136-69-37(80-22(5)92)61(46(105)30(13-87)124-69)133-75-66(52(111)43(102)28(11-85)126-75)137-71-54(113)50(109)40(99)19(2)122-71)127-32(15-89)59(63)131-73-56(115)64(47(106)31(14-88)125-73)135-68-36(79-21(4)91)60(45(104)29(12-86)123-68)132-72-55(114)51(110)44(103)34(129-72)17-120-77(76(117)118)7-24(94)35(78-20(3)90)62(138-77)42(101)26(96)9-83/h18-19,24-75,82-89,94-116H,7-17H2,1-6H3,(H,78,90)(H,79,91)(H,80,92)(H,81,93)(H,117,118)/t18-,19-,24-,25-,26+,27+,28+,29+,30+,31+,32+,33+,34+,35+,36+,37+,38+,39+,40+,41+,42+,43-,44-,45+,46+,47-,48-,49+,50+,51-,52-,53-,54-,55+,56+,57+,58+,59+,60+,61+,62+,63+,64-,65-,66+,67+,68-,69-,70-,71-,72-,73-,74-,75-,77+/m0/s1. The number of carboxylic acid groups (broad SMARTS) is 1. The molecule has 0 aromatic carbocycles. The highest BCUT2D eigenvalue weighted by Crippen LogP contribution is 2.43. The zero-order chi connectivity index (χ0) is 102. The third kappa shape index (κ3) is 25.7. The first-order chi connectivity index (χ1) is 65.0. The first-order valence-corrected chi connectivity index (χ1v) is 43.9. The molecular formula is C77H130N4O57. The van der Waals surface area contributed by atoms with Gasteiger partial charge in [0.2, 0.25) is 23.6 Å². The van der Waals surface area contributed by atoms with Crippen molar-refractivity contribution in [3.63, 3.8) is 0 Å². The van der Waals surface area contributed by atoms with E-state index in [9.17, 15) is 187 Å². The van der Waals surface area contributed by atoms with Crippen LogP contribution in [0.5, 0.6) is 0 Å². The van der Waals surface area contributed by atoms with Gasteiger partial charge in [-0.05, 0) is 13.8 Å². The van der Waals surface area contributed by atoms with Gasteiger partial charge in [0.05, 0.1) is 90.4 Å². The van der Waals surface area contributed by atoms with Crippen molar-refractivity contribution in [3.8, 4) is 0 Å². The van der Waals surface area contributed by atoms with Crippen molar-refractivity contribution in [2.24, 2.45) is 0 Å². The van der Waals surface area contributed by atoms with Crippen LogP contribution in [0.15, 0.2) is 0 Å². The first-order valence-electron chi connectivity index (χ1n) is 43.9. The third-order valence-electron chi connectivity index (χ3n) is 25.1. The van der Waals surface area contributed by atoms with Crippen molar-refractivity contribution in [2.45, 2.75) is 385 Å². The number of carboxylic acids is 1. The Balaban J connectivity index is 0.958. The van der Waals surface area contributed by atoms with Gasteiger partial charge in [0.1, 0.15) is 250 Å². The molecule has 36 N–H and O–H groups in total. The van der Waals surface area contributed by atoms with Gasteiger partial charge in [-0.3, -0.25) is 19.2 Å². The summed E-state index contributed by atoms with van der Waals surface area (Å²) in [6, 6.07) is -7.99. The second-order valence-corrected chi connectivity index (χ2v) is 35.0. The lowest BCUT2D eigenvalue weighted by molar-refractivity contribution is -0.392. The second kappa shape index (κ2) is 50.1. The number of amides is 4. The molecule has 10 aliphatic rings. The Kier molecular flexibility index (Phi) is 41.9. The van der Waals surface area contributed by atoms with Crippen LogP contribution in [0.3, 0.4) is 0 Å². The molecule has 0 aromatic rings. The van der Waals surface area contributed by atoms with Gasteiger partial charge in [0.25, 0.3) is 5.79 Å². The van der Waals surface area contributed by atoms with Crippen LogP contribution in [0.25, 0.3) is 0 Å². The molecule has 10 aliphatic heterocycles. The molecule has 800 valence electrons. The Bertz CT molecular complexity index is 3800. The summed E-state index contributed by atoms with van der Waals surface area (Å²) >= 11 is 0. The van der Waals surface area contributed by atoms with E-state index in [1.165, 1.54) is 13.8 Å². The van der Waals surface area contributed by atoms with Crippen molar-refractivity contribution < 1.29 is 282 Å². The van der Waals surface area contributed by atoms with Crippen LogP contribution in [0.4, 0.5) is 0 Å². The van der Waals surface area contributed by atoms with E-state index in [4.69, 9.17) is 94.7 Å². The highest BCUT2D eigenvalue weighted by Gasteiger charge is 2.64. The van der Waals surface area contributed by atoms with Crippen LogP contribution in [0.1, 0.15) is 48.0 Å². The molecule has 10 heterocycles. The predicted octanol–water partition coefficient (Wildman–Crippen LogP) is -23.5. The van der Waals surface area contributed by atoms with Crippen molar-refractivity contribution in [1.29, 1.82) is 0 Å². The van der Waals surface area contributed by atoms with E-state index in [2.05, 4.69) is 21.3 Å². The largest absolute Gasteiger partial charge is 0.477 e. The summed E-state index contributed by atoms with van der Waals surface area (Å²) in [4.78, 5) is 65.8. The minimum atomic E-state index is -3.12. The molecule has 138 heavy (non-hydrogen) atoms. The van der Waals surface area contributed by atoms with Crippen LogP contribution < -0.4 is 21.3 Å². The zero-order valence-electron chi connectivity index (χ0n) is 74.5. The molecule has 10 fully saturated rings. The molecule has 0 unspecified atom stereocenters. The maximum absolute atomic E-state index is 13.8.